The number of rotatable bonds is 3. The van der Waals surface area contributed by atoms with Crippen LogP contribution in [0.1, 0.15) is 16.7 Å². The molecule has 2 nitrogen and oxygen atoms in total. The summed E-state index contributed by atoms with van der Waals surface area (Å²) in [7, 11) is 0. The van der Waals surface area contributed by atoms with E-state index in [9.17, 15) is 5.11 Å². The molecule has 0 amide bonds. The maximum atomic E-state index is 9.89. The molecular weight excluding hydrogens is 281 g/mol. The van der Waals surface area contributed by atoms with Gasteiger partial charge in [0.2, 0.25) is 0 Å². The van der Waals surface area contributed by atoms with Crippen LogP contribution in [0.5, 0.6) is 5.75 Å². The van der Waals surface area contributed by atoms with Crippen molar-refractivity contribution in [3.63, 3.8) is 0 Å². The van der Waals surface area contributed by atoms with E-state index in [-0.39, 0.29) is 0 Å². The van der Waals surface area contributed by atoms with Gasteiger partial charge in [0, 0.05) is 27.8 Å². The van der Waals surface area contributed by atoms with Gasteiger partial charge < -0.3 is 10.4 Å². The van der Waals surface area contributed by atoms with E-state index < -0.39 is 0 Å². The van der Waals surface area contributed by atoms with Crippen LogP contribution in [-0.2, 0) is 6.54 Å². The summed E-state index contributed by atoms with van der Waals surface area (Å²) in [5, 5.41) is 14.4. The van der Waals surface area contributed by atoms with Crippen LogP contribution in [0.4, 0.5) is 5.69 Å². The predicted octanol–water partition coefficient (Wildman–Crippen LogP) is 4.93. The van der Waals surface area contributed by atoms with E-state index in [2.05, 4.69) is 5.32 Å². The quantitative estimate of drug-likeness (QED) is 0.842. The molecule has 0 atom stereocenters. The van der Waals surface area contributed by atoms with Gasteiger partial charge in [-0.15, -0.1) is 0 Å². The Kier molecular flexibility index (Phi) is 4.23. The standard InChI is InChI=1S/C15H15Cl2NO/c1-9-3-4-14(10(2)15(9)19)18-8-11-5-12(16)7-13(17)6-11/h3-7,18-19H,8H2,1-2H3. The van der Waals surface area contributed by atoms with Crippen molar-refractivity contribution < 1.29 is 5.11 Å². The smallest absolute Gasteiger partial charge is 0.123 e. The molecule has 2 rings (SSSR count). The molecule has 0 heterocycles. The molecular formula is C15H15Cl2NO. The van der Waals surface area contributed by atoms with Crippen molar-refractivity contribution in [2.45, 2.75) is 20.4 Å². The number of hydrogen-bond acceptors (Lipinski definition) is 2. The lowest BCUT2D eigenvalue weighted by Crippen LogP contribution is -2.01. The van der Waals surface area contributed by atoms with Gasteiger partial charge in [-0.1, -0.05) is 29.3 Å². The Morgan fingerprint density at radius 1 is 1.05 bits per heavy atom. The van der Waals surface area contributed by atoms with Crippen molar-refractivity contribution >= 4 is 28.9 Å². The van der Waals surface area contributed by atoms with Gasteiger partial charge in [0.05, 0.1) is 0 Å². The molecule has 0 spiro atoms. The third-order valence-electron chi connectivity index (χ3n) is 3.04. The number of phenolic OH excluding ortho intramolecular Hbond substituents is 1. The van der Waals surface area contributed by atoms with E-state index >= 15 is 0 Å². The van der Waals surface area contributed by atoms with Gasteiger partial charge in [-0.25, -0.2) is 0 Å². The normalized spacial score (nSPS) is 10.5. The largest absolute Gasteiger partial charge is 0.507 e. The zero-order valence-electron chi connectivity index (χ0n) is 10.8. The van der Waals surface area contributed by atoms with Crippen LogP contribution in [0.2, 0.25) is 10.0 Å². The van der Waals surface area contributed by atoms with Gasteiger partial charge in [-0.05, 0) is 49.2 Å². The SMILES string of the molecule is Cc1ccc(NCc2cc(Cl)cc(Cl)c2)c(C)c1O. The van der Waals surface area contributed by atoms with Crippen LogP contribution in [0.15, 0.2) is 30.3 Å². The number of benzene rings is 2. The second-order valence-corrected chi connectivity index (χ2v) is 5.41. The molecule has 0 fully saturated rings. The Balaban J connectivity index is 2.17. The highest BCUT2D eigenvalue weighted by atomic mass is 35.5. The Hall–Kier alpha value is -1.38. The van der Waals surface area contributed by atoms with Crippen molar-refractivity contribution in [2.24, 2.45) is 0 Å². The van der Waals surface area contributed by atoms with Crippen molar-refractivity contribution in [3.8, 4) is 5.75 Å². The van der Waals surface area contributed by atoms with E-state index in [1.54, 1.807) is 6.07 Å². The average Bonchev–Trinajstić information content (AvgIpc) is 2.34. The van der Waals surface area contributed by atoms with Crippen LogP contribution >= 0.6 is 23.2 Å². The van der Waals surface area contributed by atoms with Gasteiger partial charge >= 0.3 is 0 Å². The van der Waals surface area contributed by atoms with E-state index in [4.69, 9.17) is 23.2 Å². The first-order valence-corrected chi connectivity index (χ1v) is 6.71. The molecule has 2 aromatic rings. The highest BCUT2D eigenvalue weighted by Gasteiger charge is 2.06. The fourth-order valence-electron chi connectivity index (χ4n) is 1.94. The van der Waals surface area contributed by atoms with E-state index in [0.29, 0.717) is 22.3 Å². The number of hydrogen-bond donors (Lipinski definition) is 2. The third-order valence-corrected chi connectivity index (χ3v) is 3.47. The molecule has 2 N–H and O–H groups in total. The first kappa shape index (κ1) is 14.0. The van der Waals surface area contributed by atoms with Gasteiger partial charge in [-0.3, -0.25) is 0 Å². The molecule has 0 radical (unpaired) electrons. The minimum Gasteiger partial charge on any atom is -0.507 e. The van der Waals surface area contributed by atoms with Gasteiger partial charge in [0.1, 0.15) is 5.75 Å². The molecule has 0 aromatic heterocycles. The topological polar surface area (TPSA) is 32.3 Å². The first-order valence-electron chi connectivity index (χ1n) is 5.95. The second-order valence-electron chi connectivity index (χ2n) is 4.53. The molecule has 2 aromatic carbocycles. The highest BCUT2D eigenvalue weighted by Crippen LogP contribution is 2.28. The highest BCUT2D eigenvalue weighted by molar-refractivity contribution is 6.34. The number of aromatic hydroxyl groups is 1. The summed E-state index contributed by atoms with van der Waals surface area (Å²) in [6.45, 7) is 4.36. The Bertz CT molecular complexity index is 591. The Morgan fingerprint density at radius 2 is 1.68 bits per heavy atom. The van der Waals surface area contributed by atoms with Gasteiger partial charge in [-0.2, -0.15) is 0 Å². The molecule has 0 saturated carbocycles. The van der Waals surface area contributed by atoms with Gasteiger partial charge in [0.15, 0.2) is 0 Å². The van der Waals surface area contributed by atoms with Crippen LogP contribution < -0.4 is 5.32 Å². The molecule has 0 aliphatic rings. The zero-order valence-corrected chi connectivity index (χ0v) is 12.3. The second kappa shape index (κ2) is 5.72. The summed E-state index contributed by atoms with van der Waals surface area (Å²) < 4.78 is 0. The van der Waals surface area contributed by atoms with E-state index in [1.807, 2.05) is 38.1 Å². The van der Waals surface area contributed by atoms with Crippen molar-refractivity contribution in [1.82, 2.24) is 0 Å². The first-order chi connectivity index (χ1) is 8.97. The summed E-state index contributed by atoms with van der Waals surface area (Å²) in [5.41, 5.74) is 3.61. The predicted molar refractivity (Wildman–Crippen MR) is 81.4 cm³/mol. The van der Waals surface area contributed by atoms with Crippen LogP contribution in [0, 0.1) is 13.8 Å². The molecule has 0 aliphatic carbocycles. The van der Waals surface area contributed by atoms with E-state index in [1.165, 1.54) is 0 Å². The summed E-state index contributed by atoms with van der Waals surface area (Å²) in [6, 6.07) is 9.27. The fraction of sp³-hybridized carbons (Fsp3) is 0.200. The molecule has 100 valence electrons. The Morgan fingerprint density at radius 3 is 2.32 bits per heavy atom. The van der Waals surface area contributed by atoms with E-state index in [0.717, 1.165) is 22.4 Å². The minimum absolute atomic E-state index is 0.328. The van der Waals surface area contributed by atoms with Crippen molar-refractivity contribution in [3.05, 3.63) is 57.1 Å². The Labute approximate surface area is 123 Å². The molecule has 19 heavy (non-hydrogen) atoms. The lowest BCUT2D eigenvalue weighted by Gasteiger charge is -2.12. The minimum atomic E-state index is 0.328. The number of halogens is 2. The van der Waals surface area contributed by atoms with Crippen molar-refractivity contribution in [1.29, 1.82) is 0 Å². The summed E-state index contributed by atoms with van der Waals surface area (Å²) in [4.78, 5) is 0. The van der Waals surface area contributed by atoms with Crippen molar-refractivity contribution in [2.75, 3.05) is 5.32 Å². The average molecular weight is 296 g/mol. The summed E-state index contributed by atoms with van der Waals surface area (Å²) in [6.07, 6.45) is 0. The molecule has 0 saturated heterocycles. The molecule has 0 unspecified atom stereocenters. The maximum absolute atomic E-state index is 9.89. The molecule has 0 aliphatic heterocycles. The van der Waals surface area contributed by atoms with Gasteiger partial charge in [0.25, 0.3) is 0 Å². The molecule has 0 bridgehead atoms. The zero-order chi connectivity index (χ0) is 14.0. The number of nitrogens with one attached hydrogen (secondary N) is 1. The number of aryl methyl sites for hydroxylation is 1. The van der Waals surface area contributed by atoms with Crippen LogP contribution in [0.3, 0.4) is 0 Å². The summed E-state index contributed by atoms with van der Waals surface area (Å²) in [5.74, 6) is 0.328. The lowest BCUT2D eigenvalue weighted by atomic mass is 10.1. The third kappa shape index (κ3) is 3.34. The summed E-state index contributed by atoms with van der Waals surface area (Å²) >= 11 is 11.9. The lowest BCUT2D eigenvalue weighted by molar-refractivity contribution is 0.467. The monoisotopic (exact) mass is 295 g/mol. The van der Waals surface area contributed by atoms with Crippen LogP contribution in [0.25, 0.3) is 0 Å². The number of anilines is 1. The van der Waals surface area contributed by atoms with Crippen LogP contribution in [-0.4, -0.2) is 5.11 Å². The fourth-order valence-corrected chi connectivity index (χ4v) is 2.51. The molecule has 4 heteroatoms. The maximum Gasteiger partial charge on any atom is 0.123 e. The number of phenols is 1.